The minimum absolute atomic E-state index is 0.0602. The zero-order valence-corrected chi connectivity index (χ0v) is 10.6. The summed E-state index contributed by atoms with van der Waals surface area (Å²) in [4.78, 5) is 0. The van der Waals surface area contributed by atoms with Crippen molar-refractivity contribution in [2.24, 2.45) is 0 Å². The second kappa shape index (κ2) is 4.87. The van der Waals surface area contributed by atoms with E-state index in [1.807, 2.05) is 13.8 Å². The number of benzene rings is 1. The summed E-state index contributed by atoms with van der Waals surface area (Å²) in [6, 6.07) is 2.98. The number of hydrogen-bond acceptors (Lipinski definition) is 3. The number of nitrogens with zero attached hydrogens (tertiary/aromatic N) is 1. The van der Waals surface area contributed by atoms with Crippen molar-refractivity contribution in [1.82, 2.24) is 10.2 Å². The van der Waals surface area contributed by atoms with Crippen LogP contribution in [0.25, 0.3) is 11.1 Å². The highest BCUT2D eigenvalue weighted by molar-refractivity contribution is 5.79. The number of aromatic nitrogens is 2. The first-order chi connectivity index (χ1) is 8.91. The topological polar surface area (TPSA) is 74.9 Å². The molecule has 0 aliphatic carbocycles. The normalized spacial score (nSPS) is 11.5. The van der Waals surface area contributed by atoms with Crippen LogP contribution in [0.4, 0.5) is 14.6 Å². The van der Waals surface area contributed by atoms with E-state index in [0.717, 1.165) is 0 Å². The van der Waals surface area contributed by atoms with Crippen molar-refractivity contribution in [3.8, 4) is 16.9 Å². The maximum atomic E-state index is 13.0. The predicted molar refractivity (Wildman–Crippen MR) is 69.1 cm³/mol. The van der Waals surface area contributed by atoms with Crippen molar-refractivity contribution < 1.29 is 13.9 Å². The third-order valence-corrected chi connectivity index (χ3v) is 3.02. The molecule has 0 aliphatic rings. The average Bonchev–Trinajstić information content (AvgIpc) is 2.75. The fourth-order valence-electron chi connectivity index (χ4n) is 1.90. The Bertz CT molecular complexity index is 594. The molecule has 0 saturated heterocycles. The van der Waals surface area contributed by atoms with Crippen molar-refractivity contribution in [2.45, 2.75) is 26.2 Å². The summed E-state index contributed by atoms with van der Waals surface area (Å²) in [6.07, 6.45) is -1.34. The zero-order valence-electron chi connectivity index (χ0n) is 10.6. The van der Waals surface area contributed by atoms with Crippen LogP contribution in [0.2, 0.25) is 0 Å². The number of rotatable bonds is 3. The summed E-state index contributed by atoms with van der Waals surface area (Å²) in [7, 11) is 0. The molecule has 0 aliphatic heterocycles. The van der Waals surface area contributed by atoms with Crippen LogP contribution >= 0.6 is 0 Å². The molecule has 6 heteroatoms. The van der Waals surface area contributed by atoms with Crippen LogP contribution in [0.5, 0.6) is 5.75 Å². The van der Waals surface area contributed by atoms with E-state index >= 15 is 0 Å². The quantitative estimate of drug-likeness (QED) is 0.797. The number of halogens is 2. The maximum absolute atomic E-state index is 13.0. The first-order valence-corrected chi connectivity index (χ1v) is 5.86. The number of nitrogens with one attached hydrogen (secondary N) is 1. The van der Waals surface area contributed by atoms with Crippen molar-refractivity contribution in [3.63, 3.8) is 0 Å². The molecule has 0 atom stereocenters. The van der Waals surface area contributed by atoms with E-state index in [0.29, 0.717) is 11.1 Å². The Kier molecular flexibility index (Phi) is 3.42. The number of hydrogen-bond donors (Lipinski definition) is 3. The summed E-state index contributed by atoms with van der Waals surface area (Å²) in [5.74, 6) is -0.158. The Morgan fingerprint density at radius 3 is 2.42 bits per heavy atom. The van der Waals surface area contributed by atoms with Crippen LogP contribution in [-0.2, 0) is 0 Å². The van der Waals surface area contributed by atoms with Crippen LogP contribution in [0.3, 0.4) is 0 Å². The average molecular weight is 267 g/mol. The Morgan fingerprint density at radius 1 is 1.26 bits per heavy atom. The molecule has 4 N–H and O–H groups in total. The molecule has 0 unspecified atom stereocenters. The monoisotopic (exact) mass is 267 g/mol. The van der Waals surface area contributed by atoms with Gasteiger partial charge in [-0.15, -0.1) is 0 Å². The molecule has 0 fully saturated rings. The van der Waals surface area contributed by atoms with Gasteiger partial charge in [-0.2, -0.15) is 5.10 Å². The van der Waals surface area contributed by atoms with Crippen molar-refractivity contribution >= 4 is 5.82 Å². The van der Waals surface area contributed by atoms with Crippen molar-refractivity contribution in [1.29, 1.82) is 0 Å². The smallest absolute Gasteiger partial charge is 0.267 e. The van der Waals surface area contributed by atoms with E-state index in [-0.39, 0.29) is 22.9 Å². The summed E-state index contributed by atoms with van der Waals surface area (Å²) >= 11 is 0. The predicted octanol–water partition coefficient (Wildman–Crippen LogP) is 3.43. The van der Waals surface area contributed by atoms with E-state index in [4.69, 9.17) is 5.73 Å². The zero-order chi connectivity index (χ0) is 14.2. The lowest BCUT2D eigenvalue weighted by atomic mass is 9.94. The number of anilines is 1. The Hall–Kier alpha value is -2.11. The Labute approximate surface area is 109 Å². The minimum Gasteiger partial charge on any atom is -0.507 e. The first kappa shape index (κ1) is 13.3. The number of H-pyrrole nitrogens is 1. The molecule has 0 radical (unpaired) electrons. The molecule has 1 aromatic carbocycles. The molecule has 0 bridgehead atoms. The van der Waals surface area contributed by atoms with E-state index in [1.165, 1.54) is 12.3 Å². The van der Waals surface area contributed by atoms with Crippen LogP contribution in [0.1, 0.15) is 37.3 Å². The van der Waals surface area contributed by atoms with Gasteiger partial charge in [-0.25, -0.2) is 8.78 Å². The number of phenols is 1. The molecule has 1 heterocycles. The summed E-state index contributed by atoms with van der Waals surface area (Å²) < 4.78 is 26.0. The molecule has 1 aromatic heterocycles. The Balaban J connectivity index is 2.69. The number of aromatic hydroxyl groups is 1. The molecule has 102 valence electrons. The molecule has 0 spiro atoms. The van der Waals surface area contributed by atoms with Gasteiger partial charge in [0, 0.05) is 11.1 Å². The number of aromatic amines is 1. The SMILES string of the molecule is CC(C)c1cc(-c2cn[nH]c2N)c(O)c(C(F)F)c1. The molecule has 4 nitrogen and oxygen atoms in total. The lowest BCUT2D eigenvalue weighted by Gasteiger charge is -2.14. The second-order valence-corrected chi connectivity index (χ2v) is 4.66. The van der Waals surface area contributed by atoms with E-state index in [9.17, 15) is 13.9 Å². The third kappa shape index (κ3) is 2.38. The standard InChI is InChI=1S/C13H15F2N3O/c1-6(2)7-3-8(10-5-17-18-13(10)16)11(19)9(4-7)12(14)15/h3-6,12,19H,1-2H3,(H3,16,17,18). The van der Waals surface area contributed by atoms with Gasteiger partial charge in [0.15, 0.2) is 0 Å². The number of alkyl halides is 2. The lowest BCUT2D eigenvalue weighted by molar-refractivity contribution is 0.147. The fraction of sp³-hybridized carbons (Fsp3) is 0.308. The van der Waals surface area contributed by atoms with Gasteiger partial charge in [-0.05, 0) is 23.6 Å². The largest absolute Gasteiger partial charge is 0.507 e. The van der Waals surface area contributed by atoms with Crippen LogP contribution in [-0.4, -0.2) is 15.3 Å². The fourth-order valence-corrected chi connectivity index (χ4v) is 1.90. The van der Waals surface area contributed by atoms with E-state index in [2.05, 4.69) is 10.2 Å². The second-order valence-electron chi connectivity index (χ2n) is 4.66. The van der Waals surface area contributed by atoms with Crippen molar-refractivity contribution in [2.75, 3.05) is 5.73 Å². The molecular formula is C13H15F2N3O. The van der Waals surface area contributed by atoms with Gasteiger partial charge in [-0.3, -0.25) is 5.10 Å². The molecule has 0 saturated carbocycles. The highest BCUT2D eigenvalue weighted by atomic mass is 19.3. The number of nitrogens with two attached hydrogens (primary N) is 1. The summed E-state index contributed by atoms with van der Waals surface area (Å²) in [5, 5.41) is 16.2. The molecule has 2 aromatic rings. The van der Waals surface area contributed by atoms with E-state index < -0.39 is 12.2 Å². The van der Waals surface area contributed by atoms with Crippen LogP contribution < -0.4 is 5.73 Å². The third-order valence-electron chi connectivity index (χ3n) is 3.02. The van der Waals surface area contributed by atoms with Crippen molar-refractivity contribution in [3.05, 3.63) is 29.5 Å². The maximum Gasteiger partial charge on any atom is 0.267 e. The number of phenolic OH excluding ortho intramolecular Hbond substituents is 1. The molecular weight excluding hydrogens is 252 g/mol. The van der Waals surface area contributed by atoms with Gasteiger partial charge in [-0.1, -0.05) is 13.8 Å². The van der Waals surface area contributed by atoms with Gasteiger partial charge in [0.05, 0.1) is 11.8 Å². The van der Waals surface area contributed by atoms with Gasteiger partial charge in [0.2, 0.25) is 0 Å². The minimum atomic E-state index is -2.74. The lowest BCUT2D eigenvalue weighted by Crippen LogP contribution is -1.96. The van der Waals surface area contributed by atoms with Gasteiger partial charge >= 0.3 is 0 Å². The highest BCUT2D eigenvalue weighted by Crippen LogP contribution is 2.40. The van der Waals surface area contributed by atoms with Crippen LogP contribution in [0, 0.1) is 0 Å². The van der Waals surface area contributed by atoms with Gasteiger partial charge < -0.3 is 10.8 Å². The van der Waals surface area contributed by atoms with Crippen LogP contribution in [0.15, 0.2) is 18.3 Å². The van der Waals surface area contributed by atoms with Gasteiger partial charge in [0.1, 0.15) is 11.6 Å². The summed E-state index contributed by atoms with van der Waals surface area (Å²) in [6.45, 7) is 3.79. The summed E-state index contributed by atoms with van der Waals surface area (Å²) in [5.41, 5.74) is 6.69. The number of nitrogen functional groups attached to an aromatic ring is 1. The molecule has 19 heavy (non-hydrogen) atoms. The molecule has 0 amide bonds. The van der Waals surface area contributed by atoms with E-state index in [1.54, 1.807) is 6.07 Å². The van der Waals surface area contributed by atoms with Gasteiger partial charge in [0.25, 0.3) is 6.43 Å². The highest BCUT2D eigenvalue weighted by Gasteiger charge is 2.21. The first-order valence-electron chi connectivity index (χ1n) is 5.86. The Morgan fingerprint density at radius 2 is 1.95 bits per heavy atom. The molecule has 2 rings (SSSR count).